The lowest BCUT2D eigenvalue weighted by molar-refractivity contribution is -0.0913. The van der Waals surface area contributed by atoms with Crippen LogP contribution in [0.5, 0.6) is 5.75 Å². The zero-order valence-electron chi connectivity index (χ0n) is 9.20. The summed E-state index contributed by atoms with van der Waals surface area (Å²) >= 11 is 0. The van der Waals surface area contributed by atoms with Gasteiger partial charge in [-0.3, -0.25) is 0 Å². The summed E-state index contributed by atoms with van der Waals surface area (Å²) in [6.45, 7) is 0.826. The molecule has 1 saturated heterocycles. The first-order chi connectivity index (χ1) is 7.65. The van der Waals surface area contributed by atoms with Gasteiger partial charge < -0.3 is 14.6 Å². The highest BCUT2D eigenvalue weighted by Gasteiger charge is 2.35. The van der Waals surface area contributed by atoms with Crippen LogP contribution in [0.4, 0.5) is 4.39 Å². The Morgan fingerprint density at radius 3 is 2.94 bits per heavy atom. The third kappa shape index (κ3) is 2.03. The summed E-state index contributed by atoms with van der Waals surface area (Å²) in [6.07, 6.45) is 1.32. The third-order valence-electron chi connectivity index (χ3n) is 2.88. The highest BCUT2D eigenvalue weighted by molar-refractivity contribution is 5.38. The molecular formula is C12H15FO3. The van der Waals surface area contributed by atoms with Crippen LogP contribution >= 0.6 is 0 Å². The summed E-state index contributed by atoms with van der Waals surface area (Å²) in [6, 6.07) is 4.15. The zero-order valence-corrected chi connectivity index (χ0v) is 9.20. The fraction of sp³-hybridized carbons (Fsp3) is 0.500. The van der Waals surface area contributed by atoms with E-state index in [1.165, 1.54) is 25.3 Å². The molecule has 1 atom stereocenters. The third-order valence-corrected chi connectivity index (χ3v) is 2.88. The van der Waals surface area contributed by atoms with Gasteiger partial charge in [-0.05, 0) is 31.0 Å². The second-order valence-electron chi connectivity index (χ2n) is 4.03. The van der Waals surface area contributed by atoms with Crippen LogP contribution < -0.4 is 4.74 Å². The molecule has 88 valence electrons. The molecule has 1 fully saturated rings. The maximum atomic E-state index is 13.2. The number of ether oxygens (including phenoxy) is 2. The topological polar surface area (TPSA) is 38.7 Å². The quantitative estimate of drug-likeness (QED) is 0.836. The van der Waals surface area contributed by atoms with Crippen molar-refractivity contribution < 1.29 is 19.0 Å². The molecule has 4 heteroatoms. The first kappa shape index (κ1) is 11.4. The van der Waals surface area contributed by atoms with Crippen molar-refractivity contribution in [3.8, 4) is 5.75 Å². The molecule has 1 N–H and O–H groups in total. The molecule has 1 unspecified atom stereocenters. The summed E-state index contributed by atoms with van der Waals surface area (Å²) in [4.78, 5) is 0. The maximum Gasteiger partial charge on any atom is 0.125 e. The van der Waals surface area contributed by atoms with Crippen LogP contribution in [0.3, 0.4) is 0 Å². The molecule has 16 heavy (non-hydrogen) atoms. The van der Waals surface area contributed by atoms with Crippen molar-refractivity contribution in [2.45, 2.75) is 18.4 Å². The molecule has 0 spiro atoms. The Morgan fingerprint density at radius 1 is 1.50 bits per heavy atom. The lowest BCUT2D eigenvalue weighted by Gasteiger charge is -2.33. The first-order valence-electron chi connectivity index (χ1n) is 5.30. The van der Waals surface area contributed by atoms with Crippen LogP contribution in [0.15, 0.2) is 18.2 Å². The van der Waals surface area contributed by atoms with Gasteiger partial charge in [0.25, 0.3) is 0 Å². The minimum absolute atomic E-state index is 0.187. The number of hydrogen-bond acceptors (Lipinski definition) is 3. The van der Waals surface area contributed by atoms with E-state index in [4.69, 9.17) is 9.47 Å². The Balaban J connectivity index is 2.40. The van der Waals surface area contributed by atoms with E-state index in [2.05, 4.69) is 0 Å². The molecule has 1 heterocycles. The van der Waals surface area contributed by atoms with Crippen molar-refractivity contribution in [2.24, 2.45) is 0 Å². The second-order valence-corrected chi connectivity index (χ2v) is 4.03. The molecule has 1 aliphatic rings. The minimum Gasteiger partial charge on any atom is -0.496 e. The highest BCUT2D eigenvalue weighted by atomic mass is 19.1. The van der Waals surface area contributed by atoms with Crippen LogP contribution in [0.1, 0.15) is 18.4 Å². The molecule has 1 aromatic rings. The summed E-state index contributed by atoms with van der Waals surface area (Å²) in [5.41, 5.74) is -0.666. The van der Waals surface area contributed by atoms with Crippen molar-refractivity contribution in [1.82, 2.24) is 0 Å². The normalized spacial score (nSPS) is 25.4. The van der Waals surface area contributed by atoms with E-state index in [0.29, 0.717) is 24.3 Å². The predicted molar refractivity (Wildman–Crippen MR) is 56.9 cm³/mol. The van der Waals surface area contributed by atoms with Gasteiger partial charge in [0.1, 0.15) is 17.2 Å². The van der Waals surface area contributed by atoms with E-state index in [1.807, 2.05) is 0 Å². The minimum atomic E-state index is -1.13. The van der Waals surface area contributed by atoms with Crippen molar-refractivity contribution in [2.75, 3.05) is 20.3 Å². The summed E-state index contributed by atoms with van der Waals surface area (Å²) < 4.78 is 23.6. The standard InChI is InChI=1S/C12H15FO3/c1-15-11-4-3-9(13)7-10(11)12(14)5-2-6-16-8-12/h3-4,7,14H,2,5-6,8H2,1H3. The van der Waals surface area contributed by atoms with Gasteiger partial charge >= 0.3 is 0 Å². The lowest BCUT2D eigenvalue weighted by atomic mass is 9.88. The monoisotopic (exact) mass is 226 g/mol. The van der Waals surface area contributed by atoms with Crippen LogP contribution in [-0.4, -0.2) is 25.4 Å². The predicted octanol–water partition coefficient (Wildman–Crippen LogP) is 1.83. The van der Waals surface area contributed by atoms with Crippen molar-refractivity contribution in [3.05, 3.63) is 29.6 Å². The van der Waals surface area contributed by atoms with E-state index in [1.54, 1.807) is 0 Å². The number of aliphatic hydroxyl groups is 1. The van der Waals surface area contributed by atoms with Gasteiger partial charge in [0, 0.05) is 12.2 Å². The number of rotatable bonds is 2. The van der Waals surface area contributed by atoms with E-state index < -0.39 is 5.60 Å². The van der Waals surface area contributed by atoms with Crippen LogP contribution in [-0.2, 0) is 10.3 Å². The Kier molecular flexibility index (Phi) is 3.12. The Labute approximate surface area is 93.8 Å². The number of halogens is 1. The molecule has 0 saturated carbocycles. The molecule has 0 aromatic heterocycles. The number of methoxy groups -OCH3 is 1. The van der Waals surface area contributed by atoms with E-state index in [0.717, 1.165) is 6.42 Å². The molecular weight excluding hydrogens is 211 g/mol. The average Bonchev–Trinajstić information content (AvgIpc) is 2.30. The van der Waals surface area contributed by atoms with Crippen LogP contribution in [0.2, 0.25) is 0 Å². The van der Waals surface area contributed by atoms with Gasteiger partial charge in [0.05, 0.1) is 13.7 Å². The van der Waals surface area contributed by atoms with Gasteiger partial charge in [0.2, 0.25) is 0 Å². The fourth-order valence-electron chi connectivity index (χ4n) is 2.04. The molecule has 0 aliphatic carbocycles. The summed E-state index contributed by atoms with van der Waals surface area (Å²) in [5, 5.41) is 10.4. The molecule has 0 bridgehead atoms. The summed E-state index contributed by atoms with van der Waals surface area (Å²) in [5.74, 6) is 0.115. The van der Waals surface area contributed by atoms with Crippen molar-refractivity contribution in [3.63, 3.8) is 0 Å². The van der Waals surface area contributed by atoms with Gasteiger partial charge in [-0.15, -0.1) is 0 Å². The number of hydrogen-bond donors (Lipinski definition) is 1. The van der Waals surface area contributed by atoms with Crippen molar-refractivity contribution >= 4 is 0 Å². The van der Waals surface area contributed by atoms with Crippen molar-refractivity contribution in [1.29, 1.82) is 0 Å². The molecule has 1 aromatic carbocycles. The van der Waals surface area contributed by atoms with Gasteiger partial charge in [0.15, 0.2) is 0 Å². The first-order valence-corrected chi connectivity index (χ1v) is 5.30. The second kappa shape index (κ2) is 4.39. The van der Waals surface area contributed by atoms with E-state index in [9.17, 15) is 9.50 Å². The molecule has 0 radical (unpaired) electrons. The van der Waals surface area contributed by atoms with E-state index >= 15 is 0 Å². The van der Waals surface area contributed by atoms with Crippen LogP contribution in [0, 0.1) is 5.82 Å². The smallest absolute Gasteiger partial charge is 0.125 e. The van der Waals surface area contributed by atoms with Gasteiger partial charge in [-0.1, -0.05) is 0 Å². The lowest BCUT2D eigenvalue weighted by Crippen LogP contribution is -2.36. The van der Waals surface area contributed by atoms with Crippen LogP contribution in [0.25, 0.3) is 0 Å². The average molecular weight is 226 g/mol. The number of benzene rings is 1. The highest BCUT2D eigenvalue weighted by Crippen LogP contribution is 2.36. The fourth-order valence-corrected chi connectivity index (χ4v) is 2.04. The Hall–Kier alpha value is -1.13. The molecule has 1 aliphatic heterocycles. The Morgan fingerprint density at radius 2 is 2.31 bits per heavy atom. The Bertz CT molecular complexity index is 373. The van der Waals surface area contributed by atoms with Gasteiger partial charge in [-0.25, -0.2) is 4.39 Å². The molecule has 3 nitrogen and oxygen atoms in total. The molecule has 0 amide bonds. The zero-order chi connectivity index (χ0) is 11.6. The summed E-state index contributed by atoms with van der Waals surface area (Å²) in [7, 11) is 1.50. The largest absolute Gasteiger partial charge is 0.496 e. The SMILES string of the molecule is COc1ccc(F)cc1C1(O)CCCOC1. The molecule has 2 rings (SSSR count). The maximum absolute atomic E-state index is 13.2. The van der Waals surface area contributed by atoms with Gasteiger partial charge in [-0.2, -0.15) is 0 Å². The van der Waals surface area contributed by atoms with E-state index in [-0.39, 0.29) is 12.4 Å².